The fourth-order valence-corrected chi connectivity index (χ4v) is 2.71. The summed E-state index contributed by atoms with van der Waals surface area (Å²) in [7, 11) is 0. The normalized spacial score (nSPS) is 12.6. The van der Waals surface area contributed by atoms with Crippen LogP contribution >= 0.6 is 31.9 Å². The number of anilines is 1. The molecule has 6 heteroatoms. The summed E-state index contributed by atoms with van der Waals surface area (Å²) >= 11 is 6.98. The van der Waals surface area contributed by atoms with E-state index in [0.29, 0.717) is 0 Å². The minimum absolute atomic E-state index is 0.246. The van der Waals surface area contributed by atoms with Crippen molar-refractivity contribution in [3.05, 3.63) is 27.1 Å². The van der Waals surface area contributed by atoms with Crippen molar-refractivity contribution in [3.8, 4) is 0 Å². The van der Waals surface area contributed by atoms with Crippen LogP contribution in [0.1, 0.15) is 20.3 Å². The fraction of sp³-hybridized carbons (Fsp3) is 0.417. The summed E-state index contributed by atoms with van der Waals surface area (Å²) in [6.45, 7) is 4.61. The molecule has 0 fully saturated rings. The Kier molecular flexibility index (Phi) is 5.47. The van der Waals surface area contributed by atoms with E-state index in [2.05, 4.69) is 42.3 Å². The number of amidine groups is 1. The molecule has 0 spiro atoms. The quantitative estimate of drug-likeness (QED) is 0.316. The Balaban J connectivity index is 2.62. The van der Waals surface area contributed by atoms with E-state index in [9.17, 15) is 0 Å². The van der Waals surface area contributed by atoms with Crippen molar-refractivity contribution < 1.29 is 5.21 Å². The highest BCUT2D eigenvalue weighted by Gasteiger charge is 2.23. The second kappa shape index (κ2) is 6.43. The van der Waals surface area contributed by atoms with E-state index in [4.69, 9.17) is 10.9 Å². The number of rotatable bonds is 5. The van der Waals surface area contributed by atoms with Gasteiger partial charge in [-0.1, -0.05) is 25.1 Å². The van der Waals surface area contributed by atoms with Gasteiger partial charge in [0.25, 0.3) is 0 Å². The van der Waals surface area contributed by atoms with Crippen molar-refractivity contribution >= 4 is 43.4 Å². The van der Waals surface area contributed by atoms with Crippen LogP contribution in [-0.2, 0) is 0 Å². The topological polar surface area (TPSA) is 70.6 Å². The highest BCUT2D eigenvalue weighted by molar-refractivity contribution is 9.11. The highest BCUT2D eigenvalue weighted by atomic mass is 79.9. The number of nitrogens with one attached hydrogen (secondary N) is 1. The van der Waals surface area contributed by atoms with Crippen LogP contribution < -0.4 is 11.1 Å². The second-order valence-corrected chi connectivity index (χ2v) is 6.35. The van der Waals surface area contributed by atoms with Crippen LogP contribution in [-0.4, -0.2) is 17.6 Å². The molecule has 1 aromatic carbocycles. The van der Waals surface area contributed by atoms with Gasteiger partial charge in [-0.25, -0.2) is 0 Å². The van der Waals surface area contributed by atoms with Crippen molar-refractivity contribution in [1.82, 2.24) is 0 Å². The average Bonchev–Trinajstić information content (AvgIpc) is 2.31. The molecule has 0 amide bonds. The van der Waals surface area contributed by atoms with Crippen LogP contribution in [0.3, 0.4) is 0 Å². The maximum atomic E-state index is 8.70. The molecule has 0 aliphatic heterocycles. The van der Waals surface area contributed by atoms with Crippen LogP contribution in [0.25, 0.3) is 0 Å². The Hall–Kier alpha value is -0.750. The van der Waals surface area contributed by atoms with Crippen LogP contribution in [0.5, 0.6) is 0 Å². The van der Waals surface area contributed by atoms with E-state index in [0.717, 1.165) is 27.6 Å². The first-order valence-electron chi connectivity index (χ1n) is 5.54. The minimum atomic E-state index is -0.338. The molecule has 0 saturated heterocycles. The van der Waals surface area contributed by atoms with Crippen molar-refractivity contribution in [2.75, 3.05) is 11.9 Å². The predicted molar refractivity (Wildman–Crippen MR) is 82.1 cm³/mol. The zero-order valence-electron chi connectivity index (χ0n) is 10.4. The van der Waals surface area contributed by atoms with Crippen LogP contribution in [0.2, 0.25) is 0 Å². The van der Waals surface area contributed by atoms with Crippen LogP contribution in [0, 0.1) is 5.41 Å². The monoisotopic (exact) mass is 377 g/mol. The van der Waals surface area contributed by atoms with Crippen LogP contribution in [0.4, 0.5) is 5.69 Å². The first-order chi connectivity index (χ1) is 8.38. The van der Waals surface area contributed by atoms with E-state index in [-0.39, 0.29) is 11.3 Å². The maximum Gasteiger partial charge on any atom is 0.144 e. The van der Waals surface area contributed by atoms with Gasteiger partial charge in [0.2, 0.25) is 0 Å². The number of nitrogens with zero attached hydrogens (tertiary/aromatic N) is 1. The second-order valence-electron chi connectivity index (χ2n) is 4.64. The third kappa shape index (κ3) is 3.88. The van der Waals surface area contributed by atoms with Gasteiger partial charge in [0.05, 0.1) is 5.69 Å². The SMILES string of the molecule is CC(C)(CCNc1c(Br)cccc1Br)/C(N)=N/O. The number of benzene rings is 1. The van der Waals surface area contributed by atoms with E-state index < -0.39 is 0 Å². The Morgan fingerprint density at radius 3 is 2.44 bits per heavy atom. The Labute approximate surface area is 124 Å². The lowest BCUT2D eigenvalue weighted by atomic mass is 9.88. The number of para-hydroxylation sites is 1. The van der Waals surface area contributed by atoms with E-state index in [1.54, 1.807) is 0 Å². The Bertz CT molecular complexity index is 427. The molecule has 4 N–H and O–H groups in total. The summed E-state index contributed by atoms with van der Waals surface area (Å²) in [4.78, 5) is 0. The molecular formula is C12H17Br2N3O. The molecule has 0 aliphatic carbocycles. The molecule has 0 unspecified atom stereocenters. The third-order valence-electron chi connectivity index (χ3n) is 2.82. The lowest BCUT2D eigenvalue weighted by Crippen LogP contribution is -2.33. The largest absolute Gasteiger partial charge is 0.409 e. The molecule has 0 heterocycles. The molecule has 0 aliphatic rings. The van der Waals surface area contributed by atoms with Crippen molar-refractivity contribution in [2.24, 2.45) is 16.3 Å². The first-order valence-corrected chi connectivity index (χ1v) is 7.13. The molecule has 100 valence electrons. The molecule has 0 radical (unpaired) electrons. The zero-order chi connectivity index (χ0) is 13.8. The first kappa shape index (κ1) is 15.3. The average molecular weight is 379 g/mol. The molecule has 1 aromatic rings. The summed E-state index contributed by atoms with van der Waals surface area (Å²) in [5.41, 5.74) is 6.31. The number of nitrogens with two attached hydrogens (primary N) is 1. The number of hydrogen-bond acceptors (Lipinski definition) is 3. The van der Waals surface area contributed by atoms with E-state index in [1.807, 2.05) is 32.0 Å². The Morgan fingerprint density at radius 1 is 1.39 bits per heavy atom. The fourth-order valence-electron chi connectivity index (χ4n) is 1.43. The van der Waals surface area contributed by atoms with Gasteiger partial charge in [-0.15, -0.1) is 0 Å². The van der Waals surface area contributed by atoms with Gasteiger partial charge >= 0.3 is 0 Å². The van der Waals surface area contributed by atoms with Crippen molar-refractivity contribution in [2.45, 2.75) is 20.3 Å². The molecule has 0 saturated carbocycles. The van der Waals surface area contributed by atoms with Gasteiger partial charge in [0, 0.05) is 20.9 Å². The molecule has 1 rings (SSSR count). The summed E-state index contributed by atoms with van der Waals surface area (Å²) in [6, 6.07) is 5.91. The third-order valence-corrected chi connectivity index (χ3v) is 4.14. The molecule has 4 nitrogen and oxygen atoms in total. The van der Waals surface area contributed by atoms with Gasteiger partial charge in [0.15, 0.2) is 0 Å². The van der Waals surface area contributed by atoms with Crippen molar-refractivity contribution in [1.29, 1.82) is 0 Å². The zero-order valence-corrected chi connectivity index (χ0v) is 13.5. The van der Waals surface area contributed by atoms with E-state index >= 15 is 0 Å². The number of hydrogen-bond donors (Lipinski definition) is 3. The van der Waals surface area contributed by atoms with Crippen molar-refractivity contribution in [3.63, 3.8) is 0 Å². The molecule has 18 heavy (non-hydrogen) atoms. The van der Waals surface area contributed by atoms with Gasteiger partial charge in [-0.2, -0.15) is 0 Å². The molecular weight excluding hydrogens is 362 g/mol. The van der Waals surface area contributed by atoms with Gasteiger partial charge in [-0.05, 0) is 50.4 Å². The smallest absolute Gasteiger partial charge is 0.144 e. The number of oxime groups is 1. The molecule has 0 atom stereocenters. The Morgan fingerprint density at radius 2 is 1.94 bits per heavy atom. The maximum absolute atomic E-state index is 8.70. The van der Waals surface area contributed by atoms with Gasteiger partial charge in [0.1, 0.15) is 5.84 Å². The lowest BCUT2D eigenvalue weighted by Gasteiger charge is -2.23. The van der Waals surface area contributed by atoms with Gasteiger partial charge in [-0.3, -0.25) is 0 Å². The summed E-state index contributed by atoms with van der Waals surface area (Å²) in [6.07, 6.45) is 0.761. The summed E-state index contributed by atoms with van der Waals surface area (Å²) < 4.78 is 2.00. The molecule has 0 bridgehead atoms. The summed E-state index contributed by atoms with van der Waals surface area (Å²) in [5.74, 6) is 0.246. The highest BCUT2D eigenvalue weighted by Crippen LogP contribution is 2.31. The van der Waals surface area contributed by atoms with Gasteiger partial charge < -0.3 is 16.3 Å². The van der Waals surface area contributed by atoms with E-state index in [1.165, 1.54) is 0 Å². The summed E-state index contributed by atoms with van der Waals surface area (Å²) in [5, 5.41) is 15.1. The number of halogens is 2. The standard InChI is InChI=1S/C12H17Br2N3O/c1-12(2,11(15)17-18)6-7-16-10-8(13)4-3-5-9(10)14/h3-5,16,18H,6-7H2,1-2H3,(H2,15,17). The molecule has 0 aromatic heterocycles. The predicted octanol–water partition coefficient (Wildman–Crippen LogP) is 3.79. The minimum Gasteiger partial charge on any atom is -0.409 e. The lowest BCUT2D eigenvalue weighted by molar-refractivity contribution is 0.306. The van der Waals surface area contributed by atoms with Crippen LogP contribution in [0.15, 0.2) is 32.3 Å².